The van der Waals surface area contributed by atoms with Crippen LogP contribution >= 0.6 is 22.9 Å². The highest BCUT2D eigenvalue weighted by Gasteiger charge is 2.12. The van der Waals surface area contributed by atoms with Gasteiger partial charge in [-0.2, -0.15) is 4.99 Å². The molecule has 7 heteroatoms. The predicted molar refractivity (Wildman–Crippen MR) is 112 cm³/mol. The molecule has 0 aliphatic carbocycles. The van der Waals surface area contributed by atoms with E-state index in [-0.39, 0.29) is 18.9 Å². The molecule has 1 heterocycles. The highest BCUT2D eigenvalue weighted by Crippen LogP contribution is 2.22. The Bertz CT molecular complexity index is 1080. The number of nitrogens with zero attached hydrogens (tertiary/aromatic N) is 2. The van der Waals surface area contributed by atoms with Crippen molar-refractivity contribution in [2.75, 3.05) is 7.11 Å². The number of rotatable bonds is 5. The maximum absolute atomic E-state index is 12.5. The summed E-state index contributed by atoms with van der Waals surface area (Å²) in [5.74, 6) is -0.238. The number of hydrogen-bond donors (Lipinski definition) is 0. The van der Waals surface area contributed by atoms with Gasteiger partial charge in [0.15, 0.2) is 4.80 Å². The summed E-state index contributed by atoms with van der Waals surface area (Å²) in [4.78, 5) is 29.1. The lowest BCUT2D eigenvalue weighted by molar-refractivity contribution is -0.141. The van der Waals surface area contributed by atoms with Crippen LogP contribution in [0.1, 0.15) is 30.9 Å². The highest BCUT2D eigenvalue weighted by molar-refractivity contribution is 7.16. The van der Waals surface area contributed by atoms with Gasteiger partial charge in [-0.3, -0.25) is 9.59 Å². The van der Waals surface area contributed by atoms with Crippen LogP contribution in [-0.2, 0) is 27.3 Å². The van der Waals surface area contributed by atoms with Gasteiger partial charge in [0, 0.05) is 5.02 Å². The Morgan fingerprint density at radius 1 is 1.18 bits per heavy atom. The molecule has 0 atom stereocenters. The number of fused-ring (bicyclic) bond motifs is 1. The Kier molecular flexibility index (Phi) is 6.31. The van der Waals surface area contributed by atoms with E-state index in [0.29, 0.717) is 15.7 Å². The van der Waals surface area contributed by atoms with Crippen LogP contribution in [0.3, 0.4) is 0 Å². The lowest BCUT2D eigenvalue weighted by atomic mass is 10.0. The molecule has 0 saturated carbocycles. The summed E-state index contributed by atoms with van der Waals surface area (Å²) in [6, 6.07) is 13.3. The van der Waals surface area contributed by atoms with Gasteiger partial charge in [-0.15, -0.1) is 0 Å². The van der Waals surface area contributed by atoms with E-state index < -0.39 is 5.97 Å². The molecule has 28 heavy (non-hydrogen) atoms. The van der Waals surface area contributed by atoms with Crippen molar-refractivity contribution in [3.05, 3.63) is 63.4 Å². The molecule has 1 aromatic heterocycles. The van der Waals surface area contributed by atoms with Crippen LogP contribution in [0.2, 0.25) is 5.02 Å². The first kappa shape index (κ1) is 20.3. The van der Waals surface area contributed by atoms with Gasteiger partial charge in [0.05, 0.1) is 23.7 Å². The van der Waals surface area contributed by atoms with Crippen molar-refractivity contribution < 1.29 is 14.3 Å². The van der Waals surface area contributed by atoms with Crippen LogP contribution < -0.4 is 4.80 Å². The second-order valence-corrected chi connectivity index (χ2v) is 8.18. The Balaban J connectivity index is 1.94. The standard InChI is InChI=1S/C21H21ClN2O3S/c1-13(2)15-6-4-14(5-7-15)10-19(25)23-21-24(12-20(26)27-3)17-9-8-16(22)11-18(17)28-21/h4-9,11,13H,10,12H2,1-3H3. The van der Waals surface area contributed by atoms with Gasteiger partial charge in [-0.25, -0.2) is 0 Å². The van der Waals surface area contributed by atoms with Gasteiger partial charge in [0.25, 0.3) is 5.91 Å². The summed E-state index contributed by atoms with van der Waals surface area (Å²) >= 11 is 7.39. The minimum atomic E-state index is -0.409. The molecule has 0 unspecified atom stereocenters. The van der Waals surface area contributed by atoms with Gasteiger partial charge in [-0.1, -0.05) is 61.1 Å². The van der Waals surface area contributed by atoms with Crippen molar-refractivity contribution in [3.63, 3.8) is 0 Å². The molecular weight excluding hydrogens is 396 g/mol. The Labute approximate surface area is 172 Å². The highest BCUT2D eigenvalue weighted by atomic mass is 35.5. The van der Waals surface area contributed by atoms with Crippen molar-refractivity contribution >= 4 is 45.0 Å². The van der Waals surface area contributed by atoms with Gasteiger partial charge in [0.2, 0.25) is 0 Å². The number of amides is 1. The van der Waals surface area contributed by atoms with Crippen LogP contribution in [0.5, 0.6) is 0 Å². The lowest BCUT2D eigenvalue weighted by Crippen LogP contribution is -2.22. The molecule has 0 fully saturated rings. The molecule has 3 rings (SSSR count). The van der Waals surface area contributed by atoms with Crippen molar-refractivity contribution in [3.8, 4) is 0 Å². The van der Waals surface area contributed by atoms with Crippen molar-refractivity contribution in [2.24, 2.45) is 4.99 Å². The van der Waals surface area contributed by atoms with E-state index in [1.165, 1.54) is 24.0 Å². The molecule has 5 nitrogen and oxygen atoms in total. The number of benzene rings is 2. The summed E-state index contributed by atoms with van der Waals surface area (Å²) in [5, 5.41) is 0.585. The minimum absolute atomic E-state index is 0.0205. The number of thiazole rings is 1. The quantitative estimate of drug-likeness (QED) is 0.582. The summed E-state index contributed by atoms with van der Waals surface area (Å²) in [5.41, 5.74) is 2.92. The number of hydrogen-bond acceptors (Lipinski definition) is 4. The van der Waals surface area contributed by atoms with E-state index in [1.807, 2.05) is 30.3 Å². The van der Waals surface area contributed by atoms with E-state index >= 15 is 0 Å². The monoisotopic (exact) mass is 416 g/mol. The second kappa shape index (κ2) is 8.71. The maximum atomic E-state index is 12.5. The second-order valence-electron chi connectivity index (χ2n) is 6.74. The number of halogens is 1. The SMILES string of the molecule is COC(=O)Cn1c(=NC(=O)Cc2ccc(C(C)C)cc2)sc2cc(Cl)ccc21. The number of ether oxygens (including phenoxy) is 1. The first-order chi connectivity index (χ1) is 13.4. The maximum Gasteiger partial charge on any atom is 0.325 e. The van der Waals surface area contributed by atoms with Gasteiger partial charge < -0.3 is 9.30 Å². The molecule has 0 bridgehead atoms. The van der Waals surface area contributed by atoms with Crippen molar-refractivity contribution in [1.29, 1.82) is 0 Å². The van der Waals surface area contributed by atoms with Crippen molar-refractivity contribution in [1.82, 2.24) is 4.57 Å². The molecule has 0 saturated heterocycles. The fourth-order valence-corrected chi connectivity index (χ4v) is 4.14. The lowest BCUT2D eigenvalue weighted by Gasteiger charge is -2.06. The molecule has 1 amide bonds. The van der Waals surface area contributed by atoms with Crippen LogP contribution in [0, 0.1) is 0 Å². The smallest absolute Gasteiger partial charge is 0.325 e. The fourth-order valence-electron chi connectivity index (χ4n) is 2.82. The Morgan fingerprint density at radius 2 is 1.89 bits per heavy atom. The van der Waals surface area contributed by atoms with Crippen LogP contribution in [-0.4, -0.2) is 23.6 Å². The molecule has 0 aliphatic heterocycles. The predicted octanol–water partition coefficient (Wildman–Crippen LogP) is 4.32. The van der Waals surface area contributed by atoms with Crippen LogP contribution in [0.15, 0.2) is 47.5 Å². The third-order valence-corrected chi connectivity index (χ3v) is 5.66. The normalized spacial score (nSPS) is 12.0. The molecule has 146 valence electrons. The van der Waals surface area contributed by atoms with Crippen molar-refractivity contribution in [2.45, 2.75) is 32.7 Å². The Morgan fingerprint density at radius 3 is 2.54 bits per heavy atom. The first-order valence-electron chi connectivity index (χ1n) is 8.89. The average Bonchev–Trinajstić information content (AvgIpc) is 2.97. The number of carbonyl (C=O) groups excluding carboxylic acids is 2. The molecular formula is C21H21ClN2O3S. The summed E-state index contributed by atoms with van der Waals surface area (Å²) in [7, 11) is 1.33. The number of methoxy groups -OCH3 is 1. The van der Waals surface area contributed by atoms with Gasteiger partial charge in [0.1, 0.15) is 6.54 Å². The number of aromatic nitrogens is 1. The van der Waals surface area contributed by atoms with E-state index in [4.69, 9.17) is 16.3 Å². The third kappa shape index (κ3) is 4.69. The van der Waals surface area contributed by atoms with E-state index in [0.717, 1.165) is 15.8 Å². The average molecular weight is 417 g/mol. The van der Waals surface area contributed by atoms with E-state index in [2.05, 4.69) is 18.8 Å². The zero-order valence-electron chi connectivity index (χ0n) is 15.9. The van der Waals surface area contributed by atoms with Gasteiger partial charge >= 0.3 is 5.97 Å². The summed E-state index contributed by atoms with van der Waals surface area (Å²) < 4.78 is 7.31. The summed E-state index contributed by atoms with van der Waals surface area (Å²) in [6.07, 6.45) is 0.200. The fraction of sp³-hybridized carbons (Fsp3) is 0.286. The zero-order valence-corrected chi connectivity index (χ0v) is 17.5. The van der Waals surface area contributed by atoms with Crippen LogP contribution in [0.4, 0.5) is 0 Å². The Hall–Kier alpha value is -2.44. The topological polar surface area (TPSA) is 60.7 Å². The number of esters is 1. The minimum Gasteiger partial charge on any atom is -0.468 e. The summed E-state index contributed by atoms with van der Waals surface area (Å²) in [6.45, 7) is 4.24. The van der Waals surface area contributed by atoms with Gasteiger partial charge in [-0.05, 0) is 35.2 Å². The molecule has 0 spiro atoms. The molecule has 0 aliphatic rings. The molecule has 3 aromatic rings. The largest absolute Gasteiger partial charge is 0.468 e. The molecule has 0 radical (unpaired) electrons. The molecule has 0 N–H and O–H groups in total. The third-order valence-electron chi connectivity index (χ3n) is 4.38. The van der Waals surface area contributed by atoms with E-state index in [1.54, 1.807) is 16.7 Å². The number of carbonyl (C=O) groups is 2. The van der Waals surface area contributed by atoms with Crippen LogP contribution in [0.25, 0.3) is 10.2 Å². The molecule has 2 aromatic carbocycles. The zero-order chi connectivity index (χ0) is 20.3. The van der Waals surface area contributed by atoms with E-state index in [9.17, 15) is 9.59 Å². The first-order valence-corrected chi connectivity index (χ1v) is 10.1.